The predicted octanol–water partition coefficient (Wildman–Crippen LogP) is 4.73. The molecule has 224 valence electrons. The fourth-order valence-electron chi connectivity index (χ4n) is 6.10. The highest BCUT2D eigenvalue weighted by Gasteiger charge is 2.26. The van der Waals surface area contributed by atoms with Gasteiger partial charge in [-0.1, -0.05) is 30.3 Å². The highest BCUT2D eigenvalue weighted by molar-refractivity contribution is 7.90. The van der Waals surface area contributed by atoms with Crippen LogP contribution in [0.3, 0.4) is 0 Å². The van der Waals surface area contributed by atoms with Crippen LogP contribution < -0.4 is 14.5 Å². The molecular formula is C32H36N6O4S. The van der Waals surface area contributed by atoms with Crippen molar-refractivity contribution in [3.05, 3.63) is 78.6 Å². The first-order valence-electron chi connectivity index (χ1n) is 14.9. The van der Waals surface area contributed by atoms with Gasteiger partial charge in [0.05, 0.1) is 35.0 Å². The van der Waals surface area contributed by atoms with Gasteiger partial charge in [-0.15, -0.1) is 5.10 Å². The molecule has 2 aromatic carbocycles. The molecule has 3 aromatic heterocycles. The Morgan fingerprint density at radius 1 is 0.977 bits per heavy atom. The van der Waals surface area contributed by atoms with Crippen LogP contribution in [0.1, 0.15) is 31.1 Å². The topological polar surface area (TPSA) is 94.2 Å². The van der Waals surface area contributed by atoms with Gasteiger partial charge in [-0.25, -0.2) is 17.6 Å². The Morgan fingerprint density at radius 2 is 1.74 bits per heavy atom. The summed E-state index contributed by atoms with van der Waals surface area (Å²) in [5, 5.41) is 10.7. The summed E-state index contributed by atoms with van der Waals surface area (Å²) in [6.07, 6.45) is 8.96. The second kappa shape index (κ2) is 11.5. The van der Waals surface area contributed by atoms with E-state index in [1.165, 1.54) is 11.8 Å². The minimum absolute atomic E-state index is 0.0983. The number of hydrogen-bond donors (Lipinski definition) is 0. The van der Waals surface area contributed by atoms with Gasteiger partial charge in [0, 0.05) is 57.2 Å². The number of pyridine rings is 1. The molecule has 2 aliphatic heterocycles. The van der Waals surface area contributed by atoms with Crippen LogP contribution in [0.5, 0.6) is 5.75 Å². The molecule has 43 heavy (non-hydrogen) atoms. The number of rotatable bonds is 8. The number of ether oxygens (including phenoxy) is 2. The number of piperazine rings is 1. The van der Waals surface area contributed by atoms with Crippen LogP contribution in [0.15, 0.2) is 78.0 Å². The van der Waals surface area contributed by atoms with Crippen molar-refractivity contribution in [1.82, 2.24) is 19.4 Å². The van der Waals surface area contributed by atoms with Gasteiger partial charge in [0.2, 0.25) is 0 Å². The van der Waals surface area contributed by atoms with Gasteiger partial charge in [0.15, 0.2) is 21.7 Å². The van der Waals surface area contributed by atoms with E-state index in [0.717, 1.165) is 92.1 Å². The van der Waals surface area contributed by atoms with Crippen molar-refractivity contribution in [3.8, 4) is 5.75 Å². The normalized spacial score (nSPS) is 18.0. The van der Waals surface area contributed by atoms with Crippen LogP contribution in [0, 0.1) is 0 Å². The molecule has 5 heterocycles. The molecule has 10 nitrogen and oxygen atoms in total. The number of benzene rings is 2. The monoisotopic (exact) mass is 600 g/mol. The first kappa shape index (κ1) is 27.7. The molecule has 1 atom stereocenters. The molecule has 2 aliphatic rings. The number of hydrogen-bond acceptors (Lipinski definition) is 8. The van der Waals surface area contributed by atoms with E-state index < -0.39 is 9.84 Å². The van der Waals surface area contributed by atoms with Crippen LogP contribution in [0.2, 0.25) is 0 Å². The van der Waals surface area contributed by atoms with Gasteiger partial charge >= 0.3 is 0 Å². The van der Waals surface area contributed by atoms with E-state index in [9.17, 15) is 8.42 Å². The van der Waals surface area contributed by atoms with E-state index in [0.29, 0.717) is 11.5 Å². The van der Waals surface area contributed by atoms with E-state index in [2.05, 4.69) is 28.0 Å². The van der Waals surface area contributed by atoms with Crippen molar-refractivity contribution in [2.24, 2.45) is 0 Å². The lowest BCUT2D eigenvalue weighted by Crippen LogP contribution is -2.46. The van der Waals surface area contributed by atoms with Crippen LogP contribution in [0.4, 0.5) is 11.4 Å². The van der Waals surface area contributed by atoms with Gasteiger partial charge in [-0.3, -0.25) is 0 Å². The van der Waals surface area contributed by atoms with E-state index >= 15 is 0 Å². The van der Waals surface area contributed by atoms with Gasteiger partial charge in [0.1, 0.15) is 11.3 Å². The number of fused-ring (bicyclic) bond motifs is 3. The van der Waals surface area contributed by atoms with Crippen LogP contribution in [0.25, 0.3) is 16.6 Å². The molecule has 0 radical (unpaired) electrons. The fraction of sp³-hybridized carbons (Fsp3) is 0.375. The van der Waals surface area contributed by atoms with Gasteiger partial charge in [-0.05, 0) is 49.1 Å². The Labute approximate surface area is 251 Å². The Bertz CT molecular complexity index is 1820. The zero-order valence-electron chi connectivity index (χ0n) is 24.3. The summed E-state index contributed by atoms with van der Waals surface area (Å²) in [7, 11) is -3.22. The smallest absolute Gasteiger partial charge is 0.183 e. The lowest BCUT2D eigenvalue weighted by molar-refractivity contribution is -0.0370. The highest BCUT2D eigenvalue weighted by atomic mass is 32.2. The van der Waals surface area contributed by atoms with Gasteiger partial charge < -0.3 is 19.3 Å². The van der Waals surface area contributed by atoms with Crippen molar-refractivity contribution >= 4 is 37.8 Å². The average molecular weight is 601 g/mol. The maximum Gasteiger partial charge on any atom is 0.183 e. The molecule has 5 aromatic rings. The number of aromatic nitrogens is 4. The first-order valence-corrected chi connectivity index (χ1v) is 16.8. The third-order valence-electron chi connectivity index (χ3n) is 8.41. The van der Waals surface area contributed by atoms with Crippen LogP contribution >= 0.6 is 0 Å². The highest BCUT2D eigenvalue weighted by Crippen LogP contribution is 2.35. The molecule has 0 amide bonds. The summed E-state index contributed by atoms with van der Waals surface area (Å²) in [5.74, 6) is 0.774. The third-order valence-corrected chi connectivity index (χ3v) is 9.54. The first-order chi connectivity index (χ1) is 20.9. The maximum atomic E-state index is 11.9. The molecule has 0 aliphatic carbocycles. The summed E-state index contributed by atoms with van der Waals surface area (Å²) in [6.45, 7) is 4.50. The summed E-state index contributed by atoms with van der Waals surface area (Å²) in [6, 6.07) is 19.7. The molecule has 7 rings (SSSR count). The molecule has 0 saturated carbocycles. The average Bonchev–Trinajstić information content (AvgIpc) is 3.61. The summed E-state index contributed by atoms with van der Waals surface area (Å²) >= 11 is 0. The minimum Gasteiger partial charge on any atom is -0.492 e. The Kier molecular flexibility index (Phi) is 7.44. The van der Waals surface area contributed by atoms with Gasteiger partial charge in [0.25, 0.3) is 0 Å². The largest absolute Gasteiger partial charge is 0.492 e. The second-order valence-electron chi connectivity index (χ2n) is 11.3. The molecule has 2 fully saturated rings. The second-order valence-corrected chi connectivity index (χ2v) is 13.3. The van der Waals surface area contributed by atoms with Crippen LogP contribution in [-0.2, 0) is 21.0 Å². The molecule has 2 saturated heterocycles. The Balaban J connectivity index is 1.18. The standard InChI is InChI=1S/C32H36N6O4S/c1-43(39,40)27-12-10-25(11-13-27)35-15-17-36(18-16-35)29-21-26(41-20-14-24-7-3-2-4-8-24)23-37-31(29)28-22-33-38(32(28)34-37)30-9-5-6-19-42-30/h2-4,7-8,10-13,21-23,30H,5-6,9,14-20H2,1H3. The summed E-state index contributed by atoms with van der Waals surface area (Å²) in [4.78, 5) is 5.02. The summed E-state index contributed by atoms with van der Waals surface area (Å²) in [5.41, 5.74) is 5.16. The van der Waals surface area contributed by atoms with Crippen molar-refractivity contribution in [3.63, 3.8) is 0 Å². The molecule has 0 bridgehead atoms. The third kappa shape index (κ3) is 5.66. The van der Waals surface area contributed by atoms with Crippen LogP contribution in [-0.4, -0.2) is 73.5 Å². The van der Waals surface area contributed by atoms with Crippen molar-refractivity contribution in [1.29, 1.82) is 0 Å². The van der Waals surface area contributed by atoms with E-state index in [-0.39, 0.29) is 6.23 Å². The lowest BCUT2D eigenvalue weighted by atomic mass is 10.2. The molecule has 11 heteroatoms. The zero-order chi connectivity index (χ0) is 29.4. The Morgan fingerprint density at radius 3 is 2.47 bits per heavy atom. The Hall–Kier alpha value is -4.09. The van der Waals surface area contributed by atoms with Crippen molar-refractivity contribution < 1.29 is 17.9 Å². The van der Waals surface area contributed by atoms with Crippen molar-refractivity contribution in [2.45, 2.75) is 36.8 Å². The molecule has 1 unspecified atom stereocenters. The van der Waals surface area contributed by atoms with E-state index in [1.54, 1.807) is 12.1 Å². The fourth-order valence-corrected chi connectivity index (χ4v) is 6.73. The minimum atomic E-state index is -3.22. The maximum absolute atomic E-state index is 11.9. The molecule has 0 spiro atoms. The van der Waals surface area contributed by atoms with E-state index in [1.807, 2.05) is 51.9 Å². The number of sulfone groups is 1. The quantitative estimate of drug-likeness (QED) is 0.252. The zero-order valence-corrected chi connectivity index (χ0v) is 25.1. The molecular weight excluding hydrogens is 564 g/mol. The SMILES string of the molecule is CS(=O)(=O)c1ccc(N2CCN(c3cc(OCCc4ccccc4)cn4nc5c(cnn5C5CCCCO5)c34)CC2)cc1. The van der Waals surface area contributed by atoms with Crippen molar-refractivity contribution in [2.75, 3.05) is 55.4 Å². The number of nitrogens with zero attached hydrogens (tertiary/aromatic N) is 6. The summed E-state index contributed by atoms with van der Waals surface area (Å²) < 4.78 is 40.0. The molecule has 0 N–H and O–H groups in total. The van der Waals surface area contributed by atoms with E-state index in [4.69, 9.17) is 19.7 Å². The predicted molar refractivity (Wildman–Crippen MR) is 167 cm³/mol. The van der Waals surface area contributed by atoms with Gasteiger partial charge in [-0.2, -0.15) is 5.10 Å². The number of anilines is 2. The lowest BCUT2D eigenvalue weighted by Gasteiger charge is -2.37.